The summed E-state index contributed by atoms with van der Waals surface area (Å²) in [6, 6.07) is 0. The van der Waals surface area contributed by atoms with E-state index in [-0.39, 0.29) is 5.54 Å². The Kier molecular flexibility index (Phi) is 3.35. The number of nitrogens with one attached hydrogen (secondary N) is 1. The fourth-order valence-corrected chi connectivity index (χ4v) is 2.31. The fourth-order valence-electron chi connectivity index (χ4n) is 1.63. The average molecular weight is 227 g/mol. The average Bonchev–Trinajstić information content (AvgIpc) is 2.84. The van der Waals surface area contributed by atoms with Crippen molar-refractivity contribution in [2.45, 2.75) is 32.0 Å². The zero-order chi connectivity index (χ0) is 10.7. The van der Waals surface area contributed by atoms with E-state index < -0.39 is 0 Å². The fraction of sp³-hybridized carbons (Fsp3) is 0.700. The molecule has 0 bridgehead atoms. The Balaban J connectivity index is 1.87. The maximum absolute atomic E-state index is 5.51. The van der Waals surface area contributed by atoms with Gasteiger partial charge in [-0.15, -0.1) is 11.3 Å². The van der Waals surface area contributed by atoms with Gasteiger partial charge in [0.1, 0.15) is 5.01 Å². The molecule has 1 aromatic rings. The van der Waals surface area contributed by atoms with Crippen LogP contribution in [-0.2, 0) is 17.8 Å². The molecule has 0 saturated carbocycles. The molecule has 1 fully saturated rings. The van der Waals surface area contributed by atoms with Gasteiger partial charge in [0.2, 0.25) is 0 Å². The van der Waals surface area contributed by atoms with Gasteiger partial charge in [-0.3, -0.25) is 0 Å². The minimum absolute atomic E-state index is 0.118. The first-order valence-corrected chi connectivity index (χ1v) is 6.06. The van der Waals surface area contributed by atoms with Crippen molar-refractivity contribution in [3.8, 4) is 0 Å². The standard InChI is InChI=1S/C10H17N3OS/c1-10(2-3-14-7-10)12-5-8-6-15-9(4-11)13-8/h6,12H,2-5,7,11H2,1H3. The van der Waals surface area contributed by atoms with Crippen molar-refractivity contribution >= 4 is 11.3 Å². The first-order chi connectivity index (χ1) is 7.22. The van der Waals surface area contributed by atoms with Gasteiger partial charge in [0.05, 0.1) is 12.3 Å². The lowest BCUT2D eigenvalue weighted by Gasteiger charge is -2.22. The Bertz CT molecular complexity index is 320. The SMILES string of the molecule is CC1(NCc2csc(CN)n2)CCOC1. The van der Waals surface area contributed by atoms with Crippen LogP contribution >= 0.6 is 11.3 Å². The van der Waals surface area contributed by atoms with Crippen LogP contribution in [0.25, 0.3) is 0 Å². The Morgan fingerprint density at radius 3 is 3.20 bits per heavy atom. The lowest BCUT2D eigenvalue weighted by atomic mass is 10.0. The van der Waals surface area contributed by atoms with Crippen LogP contribution < -0.4 is 11.1 Å². The number of nitrogens with two attached hydrogens (primary N) is 1. The van der Waals surface area contributed by atoms with Crippen molar-refractivity contribution in [1.29, 1.82) is 0 Å². The van der Waals surface area contributed by atoms with Crippen molar-refractivity contribution in [1.82, 2.24) is 10.3 Å². The summed E-state index contributed by atoms with van der Waals surface area (Å²) in [6.07, 6.45) is 1.07. The molecule has 15 heavy (non-hydrogen) atoms. The molecule has 1 saturated heterocycles. The molecule has 0 radical (unpaired) electrons. The van der Waals surface area contributed by atoms with Crippen LogP contribution in [-0.4, -0.2) is 23.7 Å². The van der Waals surface area contributed by atoms with Crippen LogP contribution in [0.5, 0.6) is 0 Å². The van der Waals surface area contributed by atoms with Gasteiger partial charge in [0.25, 0.3) is 0 Å². The van der Waals surface area contributed by atoms with E-state index in [4.69, 9.17) is 10.5 Å². The lowest BCUT2D eigenvalue weighted by Crippen LogP contribution is -2.42. The third-order valence-corrected chi connectivity index (χ3v) is 3.61. The third-order valence-electron chi connectivity index (χ3n) is 2.69. The normalized spacial score (nSPS) is 26.0. The van der Waals surface area contributed by atoms with Crippen molar-refractivity contribution in [2.75, 3.05) is 13.2 Å². The van der Waals surface area contributed by atoms with E-state index in [2.05, 4.69) is 22.6 Å². The zero-order valence-corrected chi connectivity index (χ0v) is 9.77. The van der Waals surface area contributed by atoms with Crippen molar-refractivity contribution in [3.05, 3.63) is 16.1 Å². The summed E-state index contributed by atoms with van der Waals surface area (Å²) < 4.78 is 5.37. The second-order valence-corrected chi connectivity index (χ2v) is 5.10. The van der Waals surface area contributed by atoms with E-state index in [9.17, 15) is 0 Å². The first-order valence-electron chi connectivity index (χ1n) is 5.18. The highest BCUT2D eigenvalue weighted by molar-refractivity contribution is 7.09. The van der Waals surface area contributed by atoms with Gasteiger partial charge >= 0.3 is 0 Å². The molecule has 0 amide bonds. The minimum Gasteiger partial charge on any atom is -0.379 e. The quantitative estimate of drug-likeness (QED) is 0.801. The summed E-state index contributed by atoms with van der Waals surface area (Å²) in [6.45, 7) is 5.17. The minimum atomic E-state index is 0.118. The number of aromatic nitrogens is 1. The Labute approximate surface area is 93.8 Å². The van der Waals surface area contributed by atoms with Gasteiger partial charge in [-0.25, -0.2) is 4.98 Å². The summed E-state index contributed by atoms with van der Waals surface area (Å²) in [5, 5.41) is 6.55. The summed E-state index contributed by atoms with van der Waals surface area (Å²) in [5.74, 6) is 0. The molecule has 1 unspecified atom stereocenters. The van der Waals surface area contributed by atoms with Gasteiger partial charge in [0, 0.05) is 30.6 Å². The summed E-state index contributed by atoms with van der Waals surface area (Å²) in [7, 11) is 0. The summed E-state index contributed by atoms with van der Waals surface area (Å²) in [4.78, 5) is 4.41. The largest absolute Gasteiger partial charge is 0.379 e. The predicted octanol–water partition coefficient (Wildman–Crippen LogP) is 0.870. The number of rotatable bonds is 4. The molecule has 1 aliphatic rings. The molecule has 1 atom stereocenters. The predicted molar refractivity (Wildman–Crippen MR) is 60.7 cm³/mol. The molecule has 2 heterocycles. The first kappa shape index (κ1) is 11.0. The molecular formula is C10H17N3OS. The molecule has 1 aliphatic heterocycles. The highest BCUT2D eigenvalue weighted by atomic mass is 32.1. The maximum Gasteiger partial charge on any atom is 0.106 e. The Morgan fingerprint density at radius 2 is 2.60 bits per heavy atom. The third kappa shape index (κ3) is 2.75. The van der Waals surface area contributed by atoms with Crippen LogP contribution in [0.1, 0.15) is 24.0 Å². The van der Waals surface area contributed by atoms with Crippen LogP contribution in [0.3, 0.4) is 0 Å². The highest BCUT2D eigenvalue weighted by Crippen LogP contribution is 2.18. The molecule has 2 rings (SSSR count). The molecule has 0 aromatic carbocycles. The summed E-state index contributed by atoms with van der Waals surface area (Å²) >= 11 is 1.62. The van der Waals surface area contributed by atoms with Gasteiger partial charge < -0.3 is 15.8 Å². The zero-order valence-electron chi connectivity index (χ0n) is 8.95. The van der Waals surface area contributed by atoms with Gasteiger partial charge in [-0.1, -0.05) is 0 Å². The second kappa shape index (κ2) is 4.57. The monoisotopic (exact) mass is 227 g/mol. The van der Waals surface area contributed by atoms with E-state index in [1.54, 1.807) is 11.3 Å². The molecule has 84 valence electrons. The number of hydrogen-bond acceptors (Lipinski definition) is 5. The van der Waals surface area contributed by atoms with E-state index in [1.807, 2.05) is 0 Å². The van der Waals surface area contributed by atoms with E-state index in [0.29, 0.717) is 6.54 Å². The molecule has 1 aromatic heterocycles. The van der Waals surface area contributed by atoms with Crippen LogP contribution in [0.4, 0.5) is 0 Å². The van der Waals surface area contributed by atoms with Crippen molar-refractivity contribution in [3.63, 3.8) is 0 Å². The Morgan fingerprint density at radius 1 is 1.73 bits per heavy atom. The van der Waals surface area contributed by atoms with Gasteiger partial charge in [-0.2, -0.15) is 0 Å². The molecule has 4 nitrogen and oxygen atoms in total. The molecule has 5 heteroatoms. The topological polar surface area (TPSA) is 60.2 Å². The number of ether oxygens (including phenoxy) is 1. The van der Waals surface area contributed by atoms with Crippen LogP contribution in [0.15, 0.2) is 5.38 Å². The van der Waals surface area contributed by atoms with E-state index in [0.717, 1.165) is 36.9 Å². The lowest BCUT2D eigenvalue weighted by molar-refractivity contribution is 0.171. The van der Waals surface area contributed by atoms with Crippen molar-refractivity contribution < 1.29 is 4.74 Å². The molecule has 3 N–H and O–H groups in total. The van der Waals surface area contributed by atoms with Gasteiger partial charge in [0.15, 0.2) is 0 Å². The van der Waals surface area contributed by atoms with E-state index >= 15 is 0 Å². The van der Waals surface area contributed by atoms with E-state index in [1.165, 1.54) is 0 Å². The highest BCUT2D eigenvalue weighted by Gasteiger charge is 2.28. The molecular weight excluding hydrogens is 210 g/mol. The maximum atomic E-state index is 5.51. The second-order valence-electron chi connectivity index (χ2n) is 4.15. The molecule has 0 spiro atoms. The number of thiazole rings is 1. The Hall–Kier alpha value is -0.490. The smallest absolute Gasteiger partial charge is 0.106 e. The van der Waals surface area contributed by atoms with Gasteiger partial charge in [-0.05, 0) is 13.3 Å². The van der Waals surface area contributed by atoms with Crippen LogP contribution in [0, 0.1) is 0 Å². The summed E-state index contributed by atoms with van der Waals surface area (Å²) in [5.41, 5.74) is 6.71. The van der Waals surface area contributed by atoms with Crippen LogP contribution in [0.2, 0.25) is 0 Å². The molecule has 0 aliphatic carbocycles. The number of nitrogens with zero attached hydrogens (tertiary/aromatic N) is 1. The van der Waals surface area contributed by atoms with Crippen molar-refractivity contribution in [2.24, 2.45) is 5.73 Å². The number of hydrogen-bond donors (Lipinski definition) is 2.